The van der Waals surface area contributed by atoms with E-state index in [9.17, 15) is 8.42 Å². The van der Waals surface area contributed by atoms with Gasteiger partial charge in [-0.3, -0.25) is 0 Å². The Labute approximate surface area is 83.4 Å². The van der Waals surface area contributed by atoms with E-state index in [-0.39, 0.29) is 5.03 Å². The van der Waals surface area contributed by atoms with Gasteiger partial charge >= 0.3 is 0 Å². The van der Waals surface area contributed by atoms with Crippen LogP contribution in [-0.2, 0) is 16.6 Å². The van der Waals surface area contributed by atoms with E-state index in [0.29, 0.717) is 6.54 Å². The largest absolute Gasteiger partial charge is 0.313 e. The van der Waals surface area contributed by atoms with E-state index >= 15 is 0 Å². The van der Waals surface area contributed by atoms with Crippen molar-refractivity contribution in [3.05, 3.63) is 23.9 Å². The molecule has 0 spiro atoms. The summed E-state index contributed by atoms with van der Waals surface area (Å²) in [6.45, 7) is 3.41. The molecule has 78 valence electrons. The van der Waals surface area contributed by atoms with E-state index in [1.165, 1.54) is 12.3 Å². The van der Waals surface area contributed by atoms with Crippen LogP contribution in [0, 0.1) is 0 Å². The van der Waals surface area contributed by atoms with Crippen LogP contribution in [0.4, 0.5) is 0 Å². The molecule has 0 aliphatic rings. The van der Waals surface area contributed by atoms with E-state index in [4.69, 9.17) is 5.14 Å². The number of nitrogens with zero attached hydrogens (tertiary/aromatic N) is 1. The normalized spacial score (nSPS) is 11.6. The lowest BCUT2D eigenvalue weighted by Gasteiger charge is -2.03. The minimum atomic E-state index is -3.69. The van der Waals surface area contributed by atoms with Gasteiger partial charge in [-0.05, 0) is 24.2 Å². The van der Waals surface area contributed by atoms with Gasteiger partial charge in [0, 0.05) is 12.7 Å². The second kappa shape index (κ2) is 4.50. The Morgan fingerprint density at radius 1 is 1.57 bits per heavy atom. The zero-order valence-corrected chi connectivity index (χ0v) is 8.71. The van der Waals surface area contributed by atoms with E-state index in [1.807, 2.05) is 6.92 Å². The fourth-order valence-electron chi connectivity index (χ4n) is 0.985. The number of nitrogens with two attached hydrogens (primary N) is 1. The summed E-state index contributed by atoms with van der Waals surface area (Å²) in [5, 5.41) is 7.93. The maximum absolute atomic E-state index is 11.0. The van der Waals surface area contributed by atoms with Crippen molar-refractivity contribution in [2.75, 3.05) is 6.54 Å². The number of primary sulfonamides is 1. The Hall–Kier alpha value is -0.980. The first kappa shape index (κ1) is 11.1. The molecule has 0 aliphatic heterocycles. The molecule has 0 amide bonds. The summed E-state index contributed by atoms with van der Waals surface area (Å²) >= 11 is 0. The van der Waals surface area contributed by atoms with E-state index in [0.717, 1.165) is 12.1 Å². The molecule has 0 bridgehead atoms. The molecule has 1 aromatic heterocycles. The Bertz CT molecular complexity index is 403. The Morgan fingerprint density at radius 2 is 2.29 bits per heavy atom. The molecular formula is C8H13N3O2S. The fraction of sp³-hybridized carbons (Fsp3) is 0.375. The molecule has 3 N–H and O–H groups in total. The van der Waals surface area contributed by atoms with Crippen LogP contribution in [0.2, 0.25) is 0 Å². The minimum Gasteiger partial charge on any atom is -0.313 e. The molecule has 0 fully saturated rings. The Balaban J connectivity index is 2.90. The van der Waals surface area contributed by atoms with Crippen LogP contribution in [0.3, 0.4) is 0 Å². The number of aromatic nitrogens is 1. The Morgan fingerprint density at radius 3 is 2.86 bits per heavy atom. The summed E-state index contributed by atoms with van der Waals surface area (Å²) in [6.07, 6.45) is 1.44. The molecule has 6 heteroatoms. The lowest BCUT2D eigenvalue weighted by Crippen LogP contribution is -2.16. The van der Waals surface area contributed by atoms with Crippen molar-refractivity contribution in [1.29, 1.82) is 0 Å². The summed E-state index contributed by atoms with van der Waals surface area (Å²) in [7, 11) is -3.69. The molecule has 5 nitrogen and oxygen atoms in total. The summed E-state index contributed by atoms with van der Waals surface area (Å²) in [6, 6.07) is 3.22. The SMILES string of the molecule is CCNCc1ccnc(S(N)(=O)=O)c1. The van der Waals surface area contributed by atoms with Crippen LogP contribution >= 0.6 is 0 Å². The molecule has 0 radical (unpaired) electrons. The highest BCUT2D eigenvalue weighted by Gasteiger charge is 2.09. The minimum absolute atomic E-state index is 0.0899. The molecule has 1 aromatic rings. The van der Waals surface area contributed by atoms with Crippen molar-refractivity contribution < 1.29 is 8.42 Å². The van der Waals surface area contributed by atoms with Gasteiger partial charge in [-0.25, -0.2) is 18.5 Å². The van der Waals surface area contributed by atoms with Crippen molar-refractivity contribution in [3.8, 4) is 0 Å². The van der Waals surface area contributed by atoms with Gasteiger partial charge in [0.1, 0.15) is 0 Å². The molecule has 0 atom stereocenters. The van der Waals surface area contributed by atoms with Gasteiger partial charge in [-0.1, -0.05) is 6.92 Å². The average Bonchev–Trinajstić information content (AvgIpc) is 2.14. The summed E-state index contributed by atoms with van der Waals surface area (Å²) in [4.78, 5) is 3.68. The molecule has 14 heavy (non-hydrogen) atoms. The van der Waals surface area contributed by atoms with Crippen LogP contribution in [0.5, 0.6) is 0 Å². The van der Waals surface area contributed by atoms with Crippen LogP contribution in [0.25, 0.3) is 0 Å². The third-order valence-electron chi connectivity index (χ3n) is 1.67. The van der Waals surface area contributed by atoms with Crippen LogP contribution in [0.1, 0.15) is 12.5 Å². The van der Waals surface area contributed by atoms with E-state index in [2.05, 4.69) is 10.3 Å². The van der Waals surface area contributed by atoms with Crippen molar-refractivity contribution >= 4 is 10.0 Å². The summed E-state index contributed by atoms with van der Waals surface area (Å²) in [5.41, 5.74) is 0.853. The zero-order chi connectivity index (χ0) is 10.6. The van der Waals surface area contributed by atoms with Crippen molar-refractivity contribution in [3.63, 3.8) is 0 Å². The van der Waals surface area contributed by atoms with Crippen molar-refractivity contribution in [2.24, 2.45) is 5.14 Å². The fourth-order valence-corrected chi connectivity index (χ4v) is 1.51. The second-order valence-electron chi connectivity index (χ2n) is 2.83. The number of pyridine rings is 1. The standard InChI is InChI=1S/C8H13N3O2S/c1-2-10-6-7-3-4-11-8(5-7)14(9,12)13/h3-5,10H,2,6H2,1H3,(H2,9,12,13). The molecule has 1 heterocycles. The number of rotatable bonds is 4. The summed E-state index contributed by atoms with van der Waals surface area (Å²) < 4.78 is 21.9. The molecule has 0 saturated carbocycles. The van der Waals surface area contributed by atoms with Crippen molar-refractivity contribution in [1.82, 2.24) is 10.3 Å². The number of sulfonamides is 1. The predicted molar refractivity (Wildman–Crippen MR) is 53.0 cm³/mol. The topological polar surface area (TPSA) is 85.1 Å². The smallest absolute Gasteiger partial charge is 0.255 e. The second-order valence-corrected chi connectivity index (χ2v) is 4.34. The zero-order valence-electron chi connectivity index (χ0n) is 7.90. The van der Waals surface area contributed by atoms with Crippen LogP contribution in [-0.4, -0.2) is 19.9 Å². The lowest BCUT2D eigenvalue weighted by atomic mass is 10.3. The van der Waals surface area contributed by atoms with Gasteiger partial charge in [-0.15, -0.1) is 0 Å². The van der Waals surface area contributed by atoms with Gasteiger partial charge < -0.3 is 5.32 Å². The number of hydrogen-bond donors (Lipinski definition) is 2. The number of hydrogen-bond acceptors (Lipinski definition) is 4. The molecule has 1 rings (SSSR count). The highest BCUT2D eigenvalue weighted by atomic mass is 32.2. The average molecular weight is 215 g/mol. The van der Waals surface area contributed by atoms with E-state index < -0.39 is 10.0 Å². The predicted octanol–water partition coefficient (Wildman–Crippen LogP) is -0.161. The first-order valence-corrected chi connectivity index (χ1v) is 5.77. The lowest BCUT2D eigenvalue weighted by molar-refractivity contribution is 0.593. The maximum atomic E-state index is 11.0. The van der Waals surface area contributed by atoms with Crippen LogP contribution < -0.4 is 10.5 Å². The highest BCUT2D eigenvalue weighted by molar-refractivity contribution is 7.89. The third-order valence-corrected chi connectivity index (χ3v) is 2.48. The van der Waals surface area contributed by atoms with Crippen LogP contribution in [0.15, 0.2) is 23.4 Å². The molecule has 0 aliphatic carbocycles. The van der Waals surface area contributed by atoms with Gasteiger partial charge in [0.2, 0.25) is 0 Å². The Kier molecular flexibility index (Phi) is 3.56. The monoisotopic (exact) mass is 215 g/mol. The highest BCUT2D eigenvalue weighted by Crippen LogP contribution is 2.05. The summed E-state index contributed by atoms with van der Waals surface area (Å²) in [5.74, 6) is 0. The first-order chi connectivity index (χ1) is 6.54. The molecule has 0 saturated heterocycles. The van der Waals surface area contributed by atoms with Gasteiger partial charge in [0.25, 0.3) is 10.0 Å². The molecule has 0 unspecified atom stereocenters. The maximum Gasteiger partial charge on any atom is 0.255 e. The van der Waals surface area contributed by atoms with Crippen molar-refractivity contribution in [2.45, 2.75) is 18.5 Å². The third kappa shape index (κ3) is 3.06. The number of nitrogens with one attached hydrogen (secondary N) is 1. The first-order valence-electron chi connectivity index (χ1n) is 4.22. The molecular weight excluding hydrogens is 202 g/mol. The van der Waals surface area contributed by atoms with Gasteiger partial charge in [0.15, 0.2) is 5.03 Å². The quantitative estimate of drug-likeness (QED) is 0.730. The van der Waals surface area contributed by atoms with E-state index in [1.54, 1.807) is 6.07 Å². The van der Waals surface area contributed by atoms with Gasteiger partial charge in [-0.2, -0.15) is 0 Å². The van der Waals surface area contributed by atoms with Gasteiger partial charge in [0.05, 0.1) is 0 Å². The molecule has 0 aromatic carbocycles.